The van der Waals surface area contributed by atoms with Crippen LogP contribution in [0.15, 0.2) is 30.3 Å². The summed E-state index contributed by atoms with van der Waals surface area (Å²) in [4.78, 5) is 29.1. The summed E-state index contributed by atoms with van der Waals surface area (Å²) in [6, 6.07) is 9.64. The van der Waals surface area contributed by atoms with Crippen LogP contribution >= 0.6 is 0 Å². The van der Waals surface area contributed by atoms with Gasteiger partial charge in [0.05, 0.1) is 20.1 Å². The van der Waals surface area contributed by atoms with Gasteiger partial charge in [0.1, 0.15) is 6.17 Å². The molecule has 0 aromatic heterocycles. The van der Waals surface area contributed by atoms with Gasteiger partial charge in [0.15, 0.2) is 0 Å². The van der Waals surface area contributed by atoms with Crippen LogP contribution in [0, 0.1) is 0 Å². The molecule has 1 atom stereocenters. The fourth-order valence-electron chi connectivity index (χ4n) is 3.84. The summed E-state index contributed by atoms with van der Waals surface area (Å²) in [5, 5.41) is 7.18. The van der Waals surface area contributed by atoms with E-state index in [0.29, 0.717) is 13.1 Å². The highest BCUT2D eigenvalue weighted by Gasteiger charge is 2.42. The molecule has 1 N–H and O–H groups in total. The summed E-state index contributed by atoms with van der Waals surface area (Å²) in [5.41, 5.74) is 0.865. The van der Waals surface area contributed by atoms with Crippen molar-refractivity contribution in [2.75, 3.05) is 57.8 Å². The lowest BCUT2D eigenvalue weighted by atomic mass is 10.3. The third-order valence-electron chi connectivity index (χ3n) is 5.41. The number of anilines is 1. The minimum absolute atomic E-state index is 0.0449. The van der Waals surface area contributed by atoms with E-state index in [1.54, 1.807) is 9.91 Å². The fraction of sp³-hybridized carbons (Fsp3) is 0.600. The van der Waals surface area contributed by atoms with Gasteiger partial charge in [0, 0.05) is 31.9 Å². The highest BCUT2D eigenvalue weighted by molar-refractivity contribution is 5.94. The molecule has 2 amide bonds. The van der Waals surface area contributed by atoms with E-state index >= 15 is 0 Å². The highest BCUT2D eigenvalue weighted by Crippen LogP contribution is 2.28. The Hall–Kier alpha value is -2.16. The van der Waals surface area contributed by atoms with Gasteiger partial charge >= 0.3 is 12.0 Å². The number of rotatable bonds is 7. The normalized spacial score (nSPS) is 21.8. The molecule has 2 aliphatic rings. The van der Waals surface area contributed by atoms with E-state index in [1.165, 1.54) is 7.11 Å². The van der Waals surface area contributed by atoms with E-state index in [4.69, 9.17) is 4.74 Å². The molecule has 0 bridgehead atoms. The van der Waals surface area contributed by atoms with Crippen molar-refractivity contribution in [3.05, 3.63) is 30.3 Å². The largest absolute Gasteiger partial charge is 0.469 e. The molecule has 2 saturated heterocycles. The van der Waals surface area contributed by atoms with Gasteiger partial charge < -0.3 is 15.0 Å². The molecular formula is C20H31N5O3. The smallest absolute Gasteiger partial charge is 0.340 e. The summed E-state index contributed by atoms with van der Waals surface area (Å²) in [6.07, 6.45) is 1.21. The summed E-state index contributed by atoms with van der Waals surface area (Å²) >= 11 is 0. The number of carbonyl (C=O) groups excluding carboxylic acids is 2. The number of methoxy groups -OCH3 is 1. The van der Waals surface area contributed by atoms with Gasteiger partial charge in [-0.1, -0.05) is 18.2 Å². The number of nitrogens with one attached hydrogen (secondary N) is 1. The SMILES string of the molecule is COC(=O)CCN1C(C)N(c2ccccc2)C(=O)N1CCN1CCCNCC1. The summed E-state index contributed by atoms with van der Waals surface area (Å²) in [6.45, 7) is 7.92. The monoisotopic (exact) mass is 389 g/mol. The third-order valence-corrected chi connectivity index (χ3v) is 5.41. The average molecular weight is 390 g/mol. The van der Waals surface area contributed by atoms with E-state index in [-0.39, 0.29) is 24.6 Å². The van der Waals surface area contributed by atoms with Crippen LogP contribution in [-0.4, -0.2) is 86.0 Å². The molecule has 1 aromatic rings. The fourth-order valence-corrected chi connectivity index (χ4v) is 3.84. The first kappa shape index (κ1) is 20.6. The first-order valence-electron chi connectivity index (χ1n) is 10.0. The highest BCUT2D eigenvalue weighted by atomic mass is 16.5. The van der Waals surface area contributed by atoms with Crippen LogP contribution in [0.1, 0.15) is 19.8 Å². The molecule has 0 radical (unpaired) electrons. The average Bonchev–Trinajstić information content (AvgIpc) is 2.89. The molecular weight excluding hydrogens is 358 g/mol. The van der Waals surface area contributed by atoms with Crippen molar-refractivity contribution < 1.29 is 14.3 Å². The number of amides is 2. The molecule has 3 rings (SSSR count). The standard InChI is InChI=1S/C20H31N5O3/c1-17-23(13-9-19(26)28-2)24(16-15-22-12-6-10-21-11-14-22)20(27)25(17)18-7-4-3-5-8-18/h3-5,7-8,17,21H,6,9-16H2,1-2H3. The zero-order valence-corrected chi connectivity index (χ0v) is 16.8. The predicted octanol–water partition coefficient (Wildman–Crippen LogP) is 1.35. The maximum atomic E-state index is 13.2. The molecule has 8 nitrogen and oxygen atoms in total. The van der Waals surface area contributed by atoms with Crippen LogP contribution in [0.5, 0.6) is 0 Å². The van der Waals surface area contributed by atoms with Crippen molar-refractivity contribution in [1.29, 1.82) is 0 Å². The van der Waals surface area contributed by atoms with Crippen LogP contribution in [0.2, 0.25) is 0 Å². The Morgan fingerprint density at radius 3 is 2.68 bits per heavy atom. The molecule has 2 fully saturated rings. The Bertz CT molecular complexity index is 649. The van der Waals surface area contributed by atoms with Crippen LogP contribution in [-0.2, 0) is 9.53 Å². The second-order valence-corrected chi connectivity index (χ2v) is 7.18. The molecule has 1 unspecified atom stereocenters. The van der Waals surface area contributed by atoms with Crippen LogP contribution in [0.3, 0.4) is 0 Å². The van der Waals surface area contributed by atoms with Crippen molar-refractivity contribution in [3.63, 3.8) is 0 Å². The first-order valence-corrected chi connectivity index (χ1v) is 10.0. The Kier molecular flexibility index (Phi) is 7.24. The second kappa shape index (κ2) is 9.86. The van der Waals surface area contributed by atoms with Gasteiger partial charge in [-0.2, -0.15) is 5.01 Å². The van der Waals surface area contributed by atoms with Gasteiger partial charge in [-0.3, -0.25) is 14.7 Å². The van der Waals surface area contributed by atoms with E-state index in [1.807, 2.05) is 42.3 Å². The van der Waals surface area contributed by atoms with E-state index in [2.05, 4.69) is 10.2 Å². The number of hydrogen-bond acceptors (Lipinski definition) is 6. The van der Waals surface area contributed by atoms with Crippen molar-refractivity contribution in [1.82, 2.24) is 20.2 Å². The Labute approximate surface area is 167 Å². The molecule has 28 heavy (non-hydrogen) atoms. The maximum absolute atomic E-state index is 13.2. The maximum Gasteiger partial charge on any atom is 0.340 e. The van der Waals surface area contributed by atoms with Gasteiger partial charge in [-0.25, -0.2) is 4.79 Å². The molecule has 8 heteroatoms. The van der Waals surface area contributed by atoms with E-state index in [9.17, 15) is 9.59 Å². The predicted molar refractivity (Wildman–Crippen MR) is 108 cm³/mol. The van der Waals surface area contributed by atoms with Gasteiger partial charge in [-0.05, 0) is 38.6 Å². The minimum Gasteiger partial charge on any atom is -0.469 e. The van der Waals surface area contributed by atoms with E-state index in [0.717, 1.165) is 44.8 Å². The van der Waals surface area contributed by atoms with Gasteiger partial charge in [0.2, 0.25) is 0 Å². The molecule has 154 valence electrons. The topological polar surface area (TPSA) is 68.4 Å². The van der Waals surface area contributed by atoms with Crippen LogP contribution < -0.4 is 10.2 Å². The molecule has 0 spiro atoms. The zero-order chi connectivity index (χ0) is 19.9. The van der Waals surface area contributed by atoms with Crippen molar-refractivity contribution >= 4 is 17.7 Å². The summed E-state index contributed by atoms with van der Waals surface area (Å²) in [7, 11) is 1.39. The van der Waals surface area contributed by atoms with Crippen molar-refractivity contribution in [2.45, 2.75) is 25.9 Å². The lowest BCUT2D eigenvalue weighted by Gasteiger charge is -2.30. The number of esters is 1. The Balaban J connectivity index is 1.72. The molecule has 0 saturated carbocycles. The Morgan fingerprint density at radius 1 is 1.14 bits per heavy atom. The number of ether oxygens (including phenoxy) is 1. The molecule has 0 aliphatic carbocycles. The lowest BCUT2D eigenvalue weighted by Crippen LogP contribution is -2.46. The molecule has 1 aromatic carbocycles. The summed E-state index contributed by atoms with van der Waals surface area (Å²) < 4.78 is 4.79. The number of hydrazine groups is 1. The van der Waals surface area contributed by atoms with Crippen LogP contribution in [0.25, 0.3) is 0 Å². The first-order chi connectivity index (χ1) is 13.6. The van der Waals surface area contributed by atoms with Gasteiger partial charge in [-0.15, -0.1) is 0 Å². The number of urea groups is 1. The van der Waals surface area contributed by atoms with Crippen molar-refractivity contribution in [3.8, 4) is 0 Å². The second-order valence-electron chi connectivity index (χ2n) is 7.18. The van der Waals surface area contributed by atoms with Crippen molar-refractivity contribution in [2.24, 2.45) is 0 Å². The lowest BCUT2D eigenvalue weighted by molar-refractivity contribution is -0.141. The molecule has 2 heterocycles. The summed E-state index contributed by atoms with van der Waals surface area (Å²) in [5.74, 6) is -0.267. The molecule has 2 aliphatic heterocycles. The third kappa shape index (κ3) is 4.81. The minimum atomic E-state index is -0.267. The number of carbonyl (C=O) groups is 2. The Morgan fingerprint density at radius 2 is 1.93 bits per heavy atom. The van der Waals surface area contributed by atoms with Crippen LogP contribution in [0.4, 0.5) is 10.5 Å². The number of nitrogens with zero attached hydrogens (tertiary/aromatic N) is 4. The quantitative estimate of drug-likeness (QED) is 0.710. The zero-order valence-electron chi connectivity index (χ0n) is 16.8. The van der Waals surface area contributed by atoms with Gasteiger partial charge in [0.25, 0.3) is 0 Å². The number of hydrogen-bond donors (Lipinski definition) is 1. The number of para-hydroxylation sites is 1. The van der Waals surface area contributed by atoms with E-state index < -0.39 is 0 Å². The number of benzene rings is 1.